The molecule has 3 atom stereocenters. The highest BCUT2D eigenvalue weighted by Crippen LogP contribution is 2.38. The largest absolute Gasteiger partial charge is 0.726 e. The van der Waals surface area contributed by atoms with Crippen LogP contribution in [0.2, 0.25) is 10.2 Å². The molecule has 12 nitrogen and oxygen atoms in total. The van der Waals surface area contributed by atoms with Crippen molar-refractivity contribution in [2.24, 2.45) is 0 Å². The minimum absolute atomic E-state index is 0.00193. The molecule has 1 aliphatic rings. The van der Waals surface area contributed by atoms with Gasteiger partial charge in [0.15, 0.2) is 10.8 Å². The number of hydrogen-bond acceptors (Lipinski definition) is 10. The van der Waals surface area contributed by atoms with Gasteiger partial charge >= 0.3 is 0 Å². The third kappa shape index (κ3) is 8.38. The van der Waals surface area contributed by atoms with Crippen LogP contribution in [0, 0.1) is 0 Å². The van der Waals surface area contributed by atoms with Gasteiger partial charge < -0.3 is 28.9 Å². The molecule has 2 aromatic heterocycles. The normalized spacial score (nSPS) is 18.8. The lowest BCUT2D eigenvalue weighted by Gasteiger charge is -2.43. The summed E-state index contributed by atoms with van der Waals surface area (Å²) in [6, 6.07) is 19.2. The summed E-state index contributed by atoms with van der Waals surface area (Å²) < 4.78 is 55.2. The molecule has 0 saturated carbocycles. The maximum Gasteiger partial charge on any atom is 0.261 e. The van der Waals surface area contributed by atoms with Gasteiger partial charge in [-0.25, -0.2) is 13.4 Å². The summed E-state index contributed by atoms with van der Waals surface area (Å²) in [5.74, 6) is -0.0846. The molecule has 1 aliphatic heterocycles. The lowest BCUT2D eigenvalue weighted by Crippen LogP contribution is -3.11. The summed E-state index contributed by atoms with van der Waals surface area (Å²) in [5, 5.41) is 1.79. The van der Waals surface area contributed by atoms with Crippen molar-refractivity contribution in [3.63, 3.8) is 0 Å². The van der Waals surface area contributed by atoms with E-state index in [0.29, 0.717) is 0 Å². The summed E-state index contributed by atoms with van der Waals surface area (Å²) in [6.45, 7) is 16.8. The molecule has 1 fully saturated rings. The van der Waals surface area contributed by atoms with Crippen molar-refractivity contribution in [1.82, 2.24) is 19.5 Å². The molecule has 4 aromatic rings. The molecule has 0 unspecified atom stereocenters. The Morgan fingerprint density at radius 1 is 1.02 bits per heavy atom. The fraction of sp³-hybridized carbons (Fsp3) is 0.469. The Balaban J connectivity index is 0.000000644. The first-order valence-electron chi connectivity index (χ1n) is 15.7. The van der Waals surface area contributed by atoms with Crippen molar-refractivity contribution < 1.29 is 31.2 Å². The summed E-state index contributed by atoms with van der Waals surface area (Å²) in [6.07, 6.45) is -0.715. The number of nitrogens with one attached hydrogen (secondary N) is 1. The van der Waals surface area contributed by atoms with Crippen LogP contribution in [0.5, 0.6) is 0 Å². The van der Waals surface area contributed by atoms with Gasteiger partial charge in [-0.3, -0.25) is 4.18 Å². The van der Waals surface area contributed by atoms with Crippen molar-refractivity contribution in [1.29, 1.82) is 0 Å². The average molecular weight is 705 g/mol. The number of halogens is 1. The van der Waals surface area contributed by atoms with Crippen LogP contribution < -0.4 is 21.0 Å². The van der Waals surface area contributed by atoms with Crippen molar-refractivity contribution in [3.8, 4) is 0 Å². The van der Waals surface area contributed by atoms with E-state index in [1.165, 1.54) is 30.5 Å². The molecule has 15 heteroatoms. The zero-order valence-corrected chi connectivity index (χ0v) is 30.3. The number of nitrogens with zero attached hydrogens (tertiary/aromatic N) is 4. The number of benzene rings is 2. The zero-order valence-electron chi connectivity index (χ0n) is 27.7. The van der Waals surface area contributed by atoms with Crippen LogP contribution in [-0.4, -0.2) is 85.9 Å². The van der Waals surface area contributed by atoms with E-state index in [-0.39, 0.29) is 40.5 Å². The molecule has 256 valence electrons. The Morgan fingerprint density at radius 2 is 1.57 bits per heavy atom. The van der Waals surface area contributed by atoms with Gasteiger partial charge in [0, 0.05) is 0 Å². The second-order valence-electron chi connectivity index (χ2n) is 12.4. The number of anilines is 1. The lowest BCUT2D eigenvalue weighted by molar-refractivity contribution is -0.894. The molecule has 47 heavy (non-hydrogen) atoms. The lowest BCUT2D eigenvalue weighted by atomic mass is 10.1. The van der Waals surface area contributed by atoms with Crippen LogP contribution in [0.3, 0.4) is 0 Å². The Kier molecular flexibility index (Phi) is 12.2. The number of nitrogen functional groups attached to an aromatic ring is 1. The van der Waals surface area contributed by atoms with Gasteiger partial charge in [-0.15, -0.1) is 0 Å². The summed E-state index contributed by atoms with van der Waals surface area (Å²) >= 11 is 6.18. The molecule has 2 aromatic carbocycles. The van der Waals surface area contributed by atoms with Gasteiger partial charge in [-0.1, -0.05) is 93.0 Å². The highest BCUT2D eigenvalue weighted by atomic mass is 35.5. The van der Waals surface area contributed by atoms with E-state index in [1.807, 2.05) is 60.7 Å². The Morgan fingerprint density at radius 3 is 2.04 bits per heavy atom. The number of quaternary nitrogens is 1. The van der Waals surface area contributed by atoms with E-state index < -0.39 is 37.0 Å². The predicted octanol–water partition coefficient (Wildman–Crippen LogP) is 2.35. The summed E-state index contributed by atoms with van der Waals surface area (Å²) in [7, 11) is -8.10. The second-order valence-corrected chi connectivity index (χ2v) is 18.1. The van der Waals surface area contributed by atoms with Crippen molar-refractivity contribution in [2.75, 3.05) is 38.6 Å². The monoisotopic (exact) mass is 704 g/mol. The second kappa shape index (κ2) is 15.5. The number of imidazole rings is 1. The smallest absolute Gasteiger partial charge is 0.261 e. The van der Waals surface area contributed by atoms with E-state index in [1.54, 1.807) is 4.90 Å². The van der Waals surface area contributed by atoms with Gasteiger partial charge in [0.1, 0.15) is 17.7 Å². The number of rotatable bonds is 11. The molecule has 0 bridgehead atoms. The first-order valence-corrected chi connectivity index (χ1v) is 19.4. The van der Waals surface area contributed by atoms with E-state index in [2.05, 4.69) is 56.5 Å². The number of fused-ring (bicyclic) bond motifs is 1. The minimum Gasteiger partial charge on any atom is -0.726 e. The van der Waals surface area contributed by atoms with Gasteiger partial charge in [0.25, 0.3) is 8.32 Å². The molecule has 0 radical (unpaired) electrons. The average Bonchev–Trinajstić information content (AvgIpc) is 3.62. The quantitative estimate of drug-likeness (QED) is 0.103. The highest BCUT2D eigenvalue weighted by molar-refractivity contribution is 7.80. The van der Waals surface area contributed by atoms with Crippen LogP contribution >= 0.6 is 11.6 Å². The zero-order chi connectivity index (χ0) is 34.4. The van der Waals surface area contributed by atoms with Gasteiger partial charge in [0.05, 0.1) is 45.2 Å². The Labute approximate surface area is 283 Å². The van der Waals surface area contributed by atoms with Crippen LogP contribution in [0.4, 0.5) is 5.95 Å². The van der Waals surface area contributed by atoms with Gasteiger partial charge in [0.2, 0.25) is 16.3 Å². The molecule has 0 aliphatic carbocycles. The third-order valence-electron chi connectivity index (χ3n) is 8.59. The van der Waals surface area contributed by atoms with Crippen LogP contribution in [0.15, 0.2) is 67.0 Å². The number of aromatic nitrogens is 4. The third-order valence-corrected chi connectivity index (χ3v) is 14.3. The molecular weight excluding hydrogens is 660 g/mol. The van der Waals surface area contributed by atoms with Crippen molar-refractivity contribution in [3.05, 3.63) is 72.1 Å². The first kappa shape index (κ1) is 36.9. The summed E-state index contributed by atoms with van der Waals surface area (Å²) in [4.78, 5) is 14.0. The first-order chi connectivity index (χ1) is 22.3. The van der Waals surface area contributed by atoms with Gasteiger partial charge in [-0.05, 0) is 36.2 Å². The van der Waals surface area contributed by atoms with E-state index >= 15 is 0 Å². The maximum absolute atomic E-state index is 11.9. The standard InChI is InChI=1S/C26H30ClN5O6SSi.C6H15N/c1-26(2,3)40(17-10-6-4-7-11-17,18-12-8-5-9-13-18)37-15-20-22(38-39(33,34)35)19(14-36-20)32-16-29-21-23(27)30-25(28)31-24(21)32;1-4-7(5-2)6-3/h4-13,16,19-20,22H,14-15H2,1-3H3,(H2,28,30,31)(H,33,34,35);4-6H2,1-3H3/t19-,20-,22+;/m1./s1. The molecule has 5 rings (SSSR count). The number of hydrogen-bond donors (Lipinski definition) is 2. The molecule has 0 amide bonds. The van der Waals surface area contributed by atoms with Crippen LogP contribution in [0.1, 0.15) is 47.6 Å². The predicted molar refractivity (Wildman–Crippen MR) is 184 cm³/mol. The van der Waals surface area contributed by atoms with E-state index in [0.717, 1.165) is 10.4 Å². The molecule has 0 spiro atoms. The Hall–Kier alpha value is -2.95. The molecule has 3 heterocycles. The van der Waals surface area contributed by atoms with Gasteiger partial charge in [-0.2, -0.15) is 9.97 Å². The minimum atomic E-state index is -5.11. The fourth-order valence-corrected chi connectivity index (χ4v) is 11.5. The van der Waals surface area contributed by atoms with Crippen LogP contribution in [-0.2, 0) is 23.7 Å². The van der Waals surface area contributed by atoms with Crippen LogP contribution in [0.25, 0.3) is 11.2 Å². The SMILES string of the molecule is CC(C)(C)[Si](OC[C@H]1OC[C@@H](n2cnc3c(Cl)nc(N)nc32)[C@@H]1OS(=O)(=O)[O-])(c1ccccc1)c1ccccc1.CC[NH+](CC)CC. The Bertz CT molecular complexity index is 1660. The van der Waals surface area contributed by atoms with E-state index in [4.69, 9.17) is 30.7 Å². The topological polar surface area (TPSA) is 159 Å². The maximum atomic E-state index is 11.9. The van der Waals surface area contributed by atoms with Crippen molar-refractivity contribution >= 4 is 57.8 Å². The number of nitrogens with two attached hydrogens (primary N) is 1. The molecule has 3 N–H and O–H groups in total. The summed E-state index contributed by atoms with van der Waals surface area (Å²) in [5.41, 5.74) is 6.32. The highest BCUT2D eigenvalue weighted by Gasteiger charge is 2.52. The number of ether oxygens (including phenoxy) is 1. The van der Waals surface area contributed by atoms with Crippen molar-refractivity contribution in [2.45, 2.75) is 64.8 Å². The molecular formula is C32H45ClN6O6SSi. The molecule has 1 saturated heterocycles. The fourth-order valence-electron chi connectivity index (χ4n) is 6.16. The van der Waals surface area contributed by atoms with E-state index in [9.17, 15) is 13.0 Å².